The number of rotatable bonds is 5. The van der Waals surface area contributed by atoms with E-state index in [1.54, 1.807) is 36.7 Å². The summed E-state index contributed by atoms with van der Waals surface area (Å²) < 4.78 is 13.8. The lowest BCUT2D eigenvalue weighted by Crippen LogP contribution is -2.43. The van der Waals surface area contributed by atoms with Gasteiger partial charge in [0, 0.05) is 30.7 Å². The molecule has 126 valence electrons. The van der Waals surface area contributed by atoms with E-state index in [-0.39, 0.29) is 17.9 Å². The minimum absolute atomic E-state index is 0.121. The Morgan fingerprint density at radius 3 is 2.58 bits per heavy atom. The monoisotopic (exact) mass is 327 g/mol. The summed E-state index contributed by atoms with van der Waals surface area (Å²) >= 11 is 0. The Bertz CT molecular complexity index is 671. The van der Waals surface area contributed by atoms with E-state index in [2.05, 4.69) is 10.3 Å². The van der Waals surface area contributed by atoms with E-state index in [1.807, 2.05) is 11.0 Å². The second kappa shape index (κ2) is 7.90. The number of benzene rings is 1. The molecule has 0 bridgehead atoms. The lowest BCUT2D eigenvalue weighted by atomic mass is 10.1. The van der Waals surface area contributed by atoms with E-state index in [9.17, 15) is 9.18 Å². The Hall–Kier alpha value is -2.43. The van der Waals surface area contributed by atoms with Crippen LogP contribution < -0.4 is 5.32 Å². The molecule has 1 aromatic carbocycles. The third-order valence-corrected chi connectivity index (χ3v) is 4.54. The highest BCUT2D eigenvalue weighted by molar-refractivity contribution is 5.89. The average Bonchev–Trinajstić information content (AvgIpc) is 3.12. The van der Waals surface area contributed by atoms with Gasteiger partial charge in [-0.25, -0.2) is 9.18 Å². The molecule has 2 amide bonds. The molecule has 0 radical (unpaired) electrons. The lowest BCUT2D eigenvalue weighted by Gasteiger charge is -2.29. The molecular weight excluding hydrogens is 305 g/mol. The molecule has 0 atom stereocenters. The molecule has 4 nitrogen and oxygen atoms in total. The number of pyridine rings is 1. The Kier molecular flexibility index (Phi) is 5.41. The number of amides is 2. The number of carbonyl (C=O) groups excluding carboxylic acids is 1. The van der Waals surface area contributed by atoms with Crippen LogP contribution in [0, 0.1) is 5.82 Å². The number of aromatic nitrogens is 1. The van der Waals surface area contributed by atoms with Crippen LogP contribution in [0.1, 0.15) is 31.2 Å². The summed E-state index contributed by atoms with van der Waals surface area (Å²) in [7, 11) is 0. The van der Waals surface area contributed by atoms with Gasteiger partial charge >= 0.3 is 6.03 Å². The quantitative estimate of drug-likeness (QED) is 0.893. The SMILES string of the molecule is O=C(Nc1ccncc1)N(CCc1ccccc1F)C1CCCC1. The minimum Gasteiger partial charge on any atom is -0.321 e. The van der Waals surface area contributed by atoms with Crippen molar-refractivity contribution in [3.05, 3.63) is 60.2 Å². The highest BCUT2D eigenvalue weighted by Gasteiger charge is 2.26. The van der Waals surface area contributed by atoms with Gasteiger partial charge in [-0.1, -0.05) is 31.0 Å². The maximum absolute atomic E-state index is 13.8. The van der Waals surface area contributed by atoms with Crippen molar-refractivity contribution in [2.75, 3.05) is 11.9 Å². The highest BCUT2D eigenvalue weighted by atomic mass is 19.1. The van der Waals surface area contributed by atoms with Crippen LogP contribution in [0.5, 0.6) is 0 Å². The molecule has 1 N–H and O–H groups in total. The van der Waals surface area contributed by atoms with Crippen molar-refractivity contribution in [1.82, 2.24) is 9.88 Å². The summed E-state index contributed by atoms with van der Waals surface area (Å²) in [6, 6.07) is 10.4. The normalized spacial score (nSPS) is 14.5. The third-order valence-electron chi connectivity index (χ3n) is 4.54. The maximum Gasteiger partial charge on any atom is 0.322 e. The summed E-state index contributed by atoms with van der Waals surface area (Å²) in [6.07, 6.45) is 8.13. The molecule has 0 aliphatic heterocycles. The van der Waals surface area contributed by atoms with Crippen LogP contribution in [0.3, 0.4) is 0 Å². The van der Waals surface area contributed by atoms with Crippen LogP contribution in [0.2, 0.25) is 0 Å². The fraction of sp³-hybridized carbons (Fsp3) is 0.368. The fourth-order valence-electron chi connectivity index (χ4n) is 3.24. The molecule has 0 unspecified atom stereocenters. The van der Waals surface area contributed by atoms with Crippen LogP contribution in [-0.2, 0) is 6.42 Å². The first kappa shape index (κ1) is 16.4. The smallest absolute Gasteiger partial charge is 0.321 e. The van der Waals surface area contributed by atoms with Crippen LogP contribution in [0.4, 0.5) is 14.9 Å². The molecule has 1 aromatic heterocycles. The van der Waals surface area contributed by atoms with Gasteiger partial charge in [-0.15, -0.1) is 0 Å². The standard InChI is InChI=1S/C19H22FN3O/c20-18-8-4-1-5-15(18)11-14-23(17-6-2-3-7-17)19(24)22-16-9-12-21-13-10-16/h1,4-5,8-10,12-13,17H,2-3,6-7,11,14H2,(H,21,22,24). The number of anilines is 1. The van der Waals surface area contributed by atoms with Crippen LogP contribution in [0.15, 0.2) is 48.8 Å². The second-order valence-electron chi connectivity index (χ2n) is 6.14. The van der Waals surface area contributed by atoms with Crippen molar-refractivity contribution in [2.24, 2.45) is 0 Å². The topological polar surface area (TPSA) is 45.2 Å². The van der Waals surface area contributed by atoms with Gasteiger partial charge in [0.15, 0.2) is 0 Å². The predicted molar refractivity (Wildman–Crippen MR) is 92.3 cm³/mol. The van der Waals surface area contributed by atoms with Gasteiger partial charge in [-0.3, -0.25) is 4.98 Å². The molecule has 1 aliphatic rings. The van der Waals surface area contributed by atoms with E-state index >= 15 is 0 Å². The molecule has 2 aromatic rings. The number of hydrogen-bond donors (Lipinski definition) is 1. The highest BCUT2D eigenvalue weighted by Crippen LogP contribution is 2.24. The zero-order chi connectivity index (χ0) is 16.8. The Labute approximate surface area is 141 Å². The zero-order valence-corrected chi connectivity index (χ0v) is 13.6. The number of carbonyl (C=O) groups is 1. The fourth-order valence-corrected chi connectivity index (χ4v) is 3.24. The van der Waals surface area contributed by atoms with Crippen molar-refractivity contribution in [1.29, 1.82) is 0 Å². The van der Waals surface area contributed by atoms with Crippen molar-refractivity contribution in [3.8, 4) is 0 Å². The third kappa shape index (κ3) is 4.10. The predicted octanol–water partition coefficient (Wildman–Crippen LogP) is 4.24. The first-order chi connectivity index (χ1) is 11.7. The summed E-state index contributed by atoms with van der Waals surface area (Å²) in [5, 5.41) is 2.92. The van der Waals surface area contributed by atoms with Crippen molar-refractivity contribution in [3.63, 3.8) is 0 Å². The summed E-state index contributed by atoms with van der Waals surface area (Å²) in [5.41, 5.74) is 1.38. The molecular formula is C19H22FN3O. The Morgan fingerprint density at radius 1 is 1.17 bits per heavy atom. The van der Waals surface area contributed by atoms with Crippen molar-refractivity contribution < 1.29 is 9.18 Å². The molecule has 0 saturated heterocycles. The van der Waals surface area contributed by atoms with E-state index < -0.39 is 0 Å². The first-order valence-corrected chi connectivity index (χ1v) is 8.45. The molecule has 0 spiro atoms. The maximum atomic E-state index is 13.8. The minimum atomic E-state index is -0.210. The zero-order valence-electron chi connectivity index (χ0n) is 13.6. The number of urea groups is 1. The van der Waals surface area contributed by atoms with Gasteiger partial charge in [-0.05, 0) is 43.0 Å². The second-order valence-corrected chi connectivity index (χ2v) is 6.14. The first-order valence-electron chi connectivity index (χ1n) is 8.45. The number of nitrogens with zero attached hydrogens (tertiary/aromatic N) is 2. The van der Waals surface area contributed by atoms with Gasteiger partial charge in [0.05, 0.1) is 0 Å². The van der Waals surface area contributed by atoms with Crippen LogP contribution >= 0.6 is 0 Å². The van der Waals surface area contributed by atoms with Gasteiger partial charge in [0.25, 0.3) is 0 Å². The largest absolute Gasteiger partial charge is 0.322 e. The molecule has 1 aliphatic carbocycles. The molecule has 1 fully saturated rings. The summed E-state index contributed by atoms with van der Waals surface area (Å²) in [4.78, 5) is 18.5. The van der Waals surface area contributed by atoms with Crippen molar-refractivity contribution >= 4 is 11.7 Å². The van der Waals surface area contributed by atoms with E-state index in [4.69, 9.17) is 0 Å². The summed E-state index contributed by atoms with van der Waals surface area (Å²) in [5.74, 6) is -0.210. The van der Waals surface area contributed by atoms with Crippen LogP contribution in [-0.4, -0.2) is 28.5 Å². The van der Waals surface area contributed by atoms with Gasteiger partial charge in [0.2, 0.25) is 0 Å². The number of nitrogens with one attached hydrogen (secondary N) is 1. The van der Waals surface area contributed by atoms with Crippen LogP contribution in [0.25, 0.3) is 0 Å². The van der Waals surface area contributed by atoms with E-state index in [0.717, 1.165) is 31.4 Å². The van der Waals surface area contributed by atoms with Gasteiger partial charge < -0.3 is 10.2 Å². The lowest BCUT2D eigenvalue weighted by molar-refractivity contribution is 0.189. The van der Waals surface area contributed by atoms with Gasteiger partial charge in [-0.2, -0.15) is 0 Å². The van der Waals surface area contributed by atoms with E-state index in [1.165, 1.54) is 6.07 Å². The number of halogens is 1. The Balaban J connectivity index is 1.69. The van der Waals surface area contributed by atoms with Gasteiger partial charge in [0.1, 0.15) is 5.82 Å². The molecule has 1 saturated carbocycles. The van der Waals surface area contributed by atoms with E-state index in [0.29, 0.717) is 18.5 Å². The average molecular weight is 327 g/mol. The van der Waals surface area contributed by atoms with Crippen molar-refractivity contribution in [2.45, 2.75) is 38.1 Å². The summed E-state index contributed by atoms with van der Waals surface area (Å²) in [6.45, 7) is 0.516. The Morgan fingerprint density at radius 2 is 1.88 bits per heavy atom. The number of hydrogen-bond acceptors (Lipinski definition) is 2. The molecule has 3 rings (SSSR count). The molecule has 24 heavy (non-hydrogen) atoms. The molecule has 5 heteroatoms. The molecule has 1 heterocycles.